The molecule has 1 atom stereocenters. The quantitative estimate of drug-likeness (QED) is 0.381. The maximum absolute atomic E-state index is 12.8. The maximum Gasteiger partial charge on any atom is 0.315 e. The fourth-order valence-electron chi connectivity index (χ4n) is 4.40. The van der Waals surface area contributed by atoms with Crippen molar-refractivity contribution in [1.82, 2.24) is 14.4 Å². The summed E-state index contributed by atoms with van der Waals surface area (Å²) >= 11 is 0. The highest BCUT2D eigenvalue weighted by molar-refractivity contribution is 6.08. The average molecular weight is 410 g/mol. The Morgan fingerprint density at radius 3 is 2.50 bits per heavy atom. The van der Waals surface area contributed by atoms with Crippen LogP contribution in [0.25, 0.3) is 0 Å². The van der Waals surface area contributed by atoms with Crippen molar-refractivity contribution in [2.45, 2.75) is 31.7 Å². The molecule has 2 aliphatic heterocycles. The van der Waals surface area contributed by atoms with E-state index in [0.29, 0.717) is 30.8 Å². The van der Waals surface area contributed by atoms with Gasteiger partial charge in [-0.3, -0.25) is 9.59 Å². The van der Waals surface area contributed by atoms with Crippen molar-refractivity contribution in [3.05, 3.63) is 59.4 Å². The summed E-state index contributed by atoms with van der Waals surface area (Å²) in [6.45, 7) is 6.73. The third-order valence-corrected chi connectivity index (χ3v) is 6.27. The van der Waals surface area contributed by atoms with Crippen LogP contribution in [-0.2, 0) is 16.1 Å². The zero-order valence-corrected chi connectivity index (χ0v) is 17.8. The third kappa shape index (κ3) is 4.65. The lowest BCUT2D eigenvalue weighted by Crippen LogP contribution is -2.44. The molecule has 0 spiro atoms. The Kier molecular flexibility index (Phi) is 6.65. The Bertz CT molecular complexity index is 869. The third-order valence-electron chi connectivity index (χ3n) is 6.27. The fourth-order valence-corrected chi connectivity index (χ4v) is 4.40. The number of aromatic nitrogens is 1. The summed E-state index contributed by atoms with van der Waals surface area (Å²) in [4.78, 5) is 30.3. The number of likely N-dealkylation sites (N-methyl/N-ethyl adjacent to an activating group) is 1. The van der Waals surface area contributed by atoms with Crippen LogP contribution in [0.15, 0.2) is 42.5 Å². The van der Waals surface area contributed by atoms with Crippen LogP contribution in [0, 0.1) is 0 Å². The number of hydrogen-bond donors (Lipinski definition) is 0. The van der Waals surface area contributed by atoms with E-state index in [2.05, 4.69) is 16.8 Å². The number of nitrogens with zero attached hydrogens (tertiary/aromatic N) is 3. The summed E-state index contributed by atoms with van der Waals surface area (Å²) < 4.78 is 7.56. The largest absolute Gasteiger partial charge is 0.465 e. The fraction of sp³-hybridized carbons (Fsp3) is 0.500. The summed E-state index contributed by atoms with van der Waals surface area (Å²) in [7, 11) is 2.16. The maximum atomic E-state index is 12.8. The van der Waals surface area contributed by atoms with Gasteiger partial charge in [-0.1, -0.05) is 30.3 Å². The molecule has 2 aromatic rings. The van der Waals surface area contributed by atoms with E-state index in [1.165, 1.54) is 0 Å². The first-order chi connectivity index (χ1) is 14.6. The molecule has 1 aromatic carbocycles. The molecule has 1 saturated heterocycles. The van der Waals surface area contributed by atoms with Crippen LogP contribution in [0.3, 0.4) is 0 Å². The summed E-state index contributed by atoms with van der Waals surface area (Å²) in [5, 5.41) is 0. The first-order valence-electron chi connectivity index (χ1n) is 11.0. The number of ketones is 1. The molecule has 30 heavy (non-hydrogen) atoms. The molecule has 160 valence electrons. The molecular weight excluding hydrogens is 378 g/mol. The van der Waals surface area contributed by atoms with E-state index in [1.54, 1.807) is 0 Å². The average Bonchev–Trinajstić information content (AvgIpc) is 3.37. The minimum absolute atomic E-state index is 0.000209. The molecule has 1 unspecified atom stereocenters. The van der Waals surface area contributed by atoms with Crippen molar-refractivity contribution in [3.8, 4) is 0 Å². The lowest BCUT2D eigenvalue weighted by molar-refractivity contribution is -0.145. The number of carbonyl (C=O) groups excluding carboxylic acids is 2. The van der Waals surface area contributed by atoms with E-state index in [-0.39, 0.29) is 17.7 Å². The molecular formula is C24H31N3O3. The number of rotatable bonds is 8. The van der Waals surface area contributed by atoms with Crippen molar-refractivity contribution in [2.75, 3.05) is 46.4 Å². The van der Waals surface area contributed by atoms with Gasteiger partial charge in [0.15, 0.2) is 0 Å². The van der Waals surface area contributed by atoms with Gasteiger partial charge in [-0.25, -0.2) is 0 Å². The number of unbranched alkanes of at least 4 members (excludes halogenated alkanes) is 1. The van der Waals surface area contributed by atoms with Gasteiger partial charge in [0.2, 0.25) is 5.78 Å². The van der Waals surface area contributed by atoms with Crippen LogP contribution in [0.2, 0.25) is 0 Å². The highest BCUT2D eigenvalue weighted by atomic mass is 16.5. The van der Waals surface area contributed by atoms with E-state index in [0.717, 1.165) is 51.3 Å². The van der Waals surface area contributed by atoms with Gasteiger partial charge in [-0.05, 0) is 45.0 Å². The zero-order valence-electron chi connectivity index (χ0n) is 17.8. The van der Waals surface area contributed by atoms with Crippen molar-refractivity contribution >= 4 is 11.8 Å². The Hall–Kier alpha value is -2.44. The Balaban J connectivity index is 1.25. The minimum Gasteiger partial charge on any atom is -0.465 e. The lowest BCUT2D eigenvalue weighted by atomic mass is 10.1. The number of hydrogen-bond acceptors (Lipinski definition) is 5. The van der Waals surface area contributed by atoms with Crippen LogP contribution in [-0.4, -0.2) is 72.5 Å². The molecule has 0 radical (unpaired) electrons. The van der Waals surface area contributed by atoms with Gasteiger partial charge in [0.05, 0.1) is 18.2 Å². The molecule has 1 aromatic heterocycles. The monoisotopic (exact) mass is 409 g/mol. The van der Waals surface area contributed by atoms with Crippen molar-refractivity contribution in [3.63, 3.8) is 0 Å². The summed E-state index contributed by atoms with van der Waals surface area (Å²) in [5.74, 6) is -0.426. The normalized spacial score (nSPS) is 19.6. The standard InChI is InChI=1S/C24H31N3O3/c1-25-14-16-26(17-15-25)12-5-6-18-30-24(29)20-11-13-27-21(20)9-10-22(27)23(28)19-7-3-2-4-8-19/h2-4,7-10,20H,5-6,11-18H2,1H3. The second-order valence-corrected chi connectivity index (χ2v) is 8.35. The second-order valence-electron chi connectivity index (χ2n) is 8.35. The van der Waals surface area contributed by atoms with Crippen LogP contribution in [0.5, 0.6) is 0 Å². The molecule has 6 heteroatoms. The summed E-state index contributed by atoms with van der Waals surface area (Å²) in [6.07, 6.45) is 2.64. The molecule has 3 heterocycles. The molecule has 2 aliphatic rings. The molecule has 0 aliphatic carbocycles. The van der Waals surface area contributed by atoms with E-state index in [1.807, 2.05) is 47.0 Å². The number of carbonyl (C=O) groups is 2. The SMILES string of the molecule is CN1CCN(CCCCOC(=O)C2CCn3c(C(=O)c4ccccc4)ccc32)CC1. The molecule has 6 nitrogen and oxygen atoms in total. The van der Waals surface area contributed by atoms with Crippen LogP contribution < -0.4 is 0 Å². The highest BCUT2D eigenvalue weighted by Gasteiger charge is 2.33. The molecule has 1 fully saturated rings. The van der Waals surface area contributed by atoms with Crippen LogP contribution in [0.1, 0.15) is 46.9 Å². The van der Waals surface area contributed by atoms with Crippen LogP contribution >= 0.6 is 0 Å². The molecule has 0 bridgehead atoms. The van der Waals surface area contributed by atoms with Gasteiger partial charge in [0, 0.05) is 44.0 Å². The predicted molar refractivity (Wildman–Crippen MR) is 116 cm³/mol. The highest BCUT2D eigenvalue weighted by Crippen LogP contribution is 2.32. The first-order valence-corrected chi connectivity index (χ1v) is 11.0. The molecule has 0 amide bonds. The van der Waals surface area contributed by atoms with Gasteiger partial charge in [-0.15, -0.1) is 0 Å². The Labute approximate surface area is 178 Å². The van der Waals surface area contributed by atoms with E-state index in [9.17, 15) is 9.59 Å². The van der Waals surface area contributed by atoms with Gasteiger partial charge in [0.1, 0.15) is 0 Å². The van der Waals surface area contributed by atoms with Gasteiger partial charge < -0.3 is 19.1 Å². The van der Waals surface area contributed by atoms with E-state index >= 15 is 0 Å². The van der Waals surface area contributed by atoms with E-state index < -0.39 is 0 Å². The topological polar surface area (TPSA) is 54.8 Å². The Morgan fingerprint density at radius 2 is 1.73 bits per heavy atom. The van der Waals surface area contributed by atoms with Crippen molar-refractivity contribution in [1.29, 1.82) is 0 Å². The molecule has 0 N–H and O–H groups in total. The summed E-state index contributed by atoms with van der Waals surface area (Å²) in [5.41, 5.74) is 2.22. The van der Waals surface area contributed by atoms with Crippen molar-refractivity contribution < 1.29 is 14.3 Å². The van der Waals surface area contributed by atoms with E-state index in [4.69, 9.17) is 4.74 Å². The smallest absolute Gasteiger partial charge is 0.315 e. The lowest BCUT2D eigenvalue weighted by Gasteiger charge is -2.32. The van der Waals surface area contributed by atoms with Gasteiger partial charge >= 0.3 is 5.97 Å². The van der Waals surface area contributed by atoms with Crippen LogP contribution in [0.4, 0.5) is 0 Å². The van der Waals surface area contributed by atoms with Gasteiger partial charge in [0.25, 0.3) is 0 Å². The minimum atomic E-state index is -0.264. The first kappa shape index (κ1) is 20.8. The second kappa shape index (κ2) is 9.58. The summed E-state index contributed by atoms with van der Waals surface area (Å²) in [6, 6.07) is 13.0. The molecule has 4 rings (SSSR count). The number of ether oxygens (including phenoxy) is 1. The number of fused-ring (bicyclic) bond motifs is 1. The van der Waals surface area contributed by atoms with Gasteiger partial charge in [-0.2, -0.15) is 0 Å². The zero-order chi connectivity index (χ0) is 20.9. The predicted octanol–water partition coefficient (Wildman–Crippen LogP) is 2.78. The Morgan fingerprint density at radius 1 is 0.967 bits per heavy atom. The van der Waals surface area contributed by atoms with Crippen molar-refractivity contribution in [2.24, 2.45) is 0 Å². The molecule has 0 saturated carbocycles. The number of esters is 1. The number of benzene rings is 1. The number of piperazine rings is 1.